The molecule has 1 saturated carbocycles. The van der Waals surface area contributed by atoms with Gasteiger partial charge in [0.15, 0.2) is 0 Å². The van der Waals surface area contributed by atoms with Gasteiger partial charge in [-0.2, -0.15) is 0 Å². The van der Waals surface area contributed by atoms with Crippen LogP contribution in [0.4, 0.5) is 10.5 Å². The fraction of sp³-hybridized carbons (Fsp3) is 0.333. The number of rotatable bonds is 6. The molecule has 32 heavy (non-hydrogen) atoms. The van der Waals surface area contributed by atoms with Crippen molar-refractivity contribution in [2.24, 2.45) is 0 Å². The Bertz CT molecular complexity index is 1050. The van der Waals surface area contributed by atoms with Crippen LogP contribution >= 0.6 is 0 Å². The summed E-state index contributed by atoms with van der Waals surface area (Å²) in [5.74, 6) is -1.32. The predicted molar refractivity (Wildman–Crippen MR) is 119 cm³/mol. The van der Waals surface area contributed by atoms with Crippen LogP contribution in [-0.4, -0.2) is 41.2 Å². The fourth-order valence-corrected chi connectivity index (χ4v) is 4.26. The fourth-order valence-electron chi connectivity index (χ4n) is 4.26. The molecule has 0 bridgehead atoms. The Kier molecular flexibility index (Phi) is 5.94. The van der Waals surface area contributed by atoms with E-state index in [4.69, 9.17) is 0 Å². The normalized spacial score (nSPS) is 20.8. The van der Waals surface area contributed by atoms with Crippen molar-refractivity contribution in [2.45, 2.75) is 44.2 Å². The number of nitrogens with zero attached hydrogens (tertiary/aromatic N) is 1. The Labute approximate surface area is 186 Å². The largest absolute Gasteiger partial charge is 0.349 e. The minimum atomic E-state index is -1.24. The van der Waals surface area contributed by atoms with Crippen molar-refractivity contribution >= 4 is 29.4 Å². The smallest absolute Gasteiger partial charge is 0.325 e. The third kappa shape index (κ3) is 4.21. The van der Waals surface area contributed by atoms with Crippen LogP contribution in [0.3, 0.4) is 0 Å². The first-order chi connectivity index (χ1) is 15.4. The van der Waals surface area contributed by atoms with E-state index >= 15 is 0 Å². The van der Waals surface area contributed by atoms with Gasteiger partial charge in [0.25, 0.3) is 11.8 Å². The van der Waals surface area contributed by atoms with Crippen molar-refractivity contribution in [1.29, 1.82) is 0 Å². The first-order valence-electron chi connectivity index (χ1n) is 10.8. The van der Waals surface area contributed by atoms with E-state index in [2.05, 4.69) is 16.0 Å². The summed E-state index contributed by atoms with van der Waals surface area (Å²) in [5, 5.41) is 8.36. The molecule has 1 aliphatic carbocycles. The van der Waals surface area contributed by atoms with Crippen molar-refractivity contribution in [3.63, 3.8) is 0 Å². The third-order valence-electron chi connectivity index (χ3n) is 6.06. The number of anilines is 1. The lowest BCUT2D eigenvalue weighted by Crippen LogP contribution is -2.42. The first-order valence-corrected chi connectivity index (χ1v) is 10.8. The van der Waals surface area contributed by atoms with Gasteiger partial charge in [-0.3, -0.25) is 19.3 Å². The zero-order valence-corrected chi connectivity index (χ0v) is 17.9. The number of carbonyl (C=O) groups is 4. The Morgan fingerprint density at radius 3 is 2.41 bits per heavy atom. The Morgan fingerprint density at radius 2 is 1.69 bits per heavy atom. The highest BCUT2D eigenvalue weighted by Crippen LogP contribution is 2.28. The zero-order chi connectivity index (χ0) is 22.7. The van der Waals surface area contributed by atoms with Gasteiger partial charge in [-0.25, -0.2) is 4.79 Å². The minimum absolute atomic E-state index is 0.146. The van der Waals surface area contributed by atoms with E-state index in [9.17, 15) is 19.2 Å². The standard InChI is InChI=1S/C24H26N4O4/c1-24(16-9-3-2-4-10-16)22(31)28(23(32)27-24)15-20(29)26-19-14-8-7-13-18(19)21(30)25-17-11-5-6-12-17/h2-4,7-10,13-14,17H,5-6,11-12,15H2,1H3,(H,25,30)(H,26,29)(H,27,32)/t24-/m0/s1. The van der Waals surface area contributed by atoms with Gasteiger partial charge < -0.3 is 16.0 Å². The lowest BCUT2D eigenvalue weighted by atomic mass is 9.92. The number of benzene rings is 2. The molecule has 166 valence electrons. The second-order valence-corrected chi connectivity index (χ2v) is 8.36. The molecule has 0 aromatic heterocycles. The predicted octanol–water partition coefficient (Wildman–Crippen LogP) is 2.76. The Morgan fingerprint density at radius 1 is 1.03 bits per heavy atom. The molecule has 1 heterocycles. The maximum atomic E-state index is 13.0. The van der Waals surface area contributed by atoms with Crippen LogP contribution in [0.5, 0.6) is 0 Å². The molecule has 0 unspecified atom stereocenters. The highest BCUT2D eigenvalue weighted by atomic mass is 16.2. The van der Waals surface area contributed by atoms with Crippen molar-refractivity contribution in [2.75, 3.05) is 11.9 Å². The molecule has 1 aliphatic heterocycles. The molecule has 8 heteroatoms. The summed E-state index contributed by atoms with van der Waals surface area (Å²) < 4.78 is 0. The quantitative estimate of drug-likeness (QED) is 0.608. The second kappa shape index (κ2) is 8.82. The van der Waals surface area contributed by atoms with Gasteiger partial charge in [-0.1, -0.05) is 55.3 Å². The average Bonchev–Trinajstić information content (AvgIpc) is 3.37. The van der Waals surface area contributed by atoms with Gasteiger partial charge in [0.2, 0.25) is 5.91 Å². The average molecular weight is 434 g/mol. The molecule has 0 spiro atoms. The minimum Gasteiger partial charge on any atom is -0.349 e. The van der Waals surface area contributed by atoms with E-state index < -0.39 is 29.9 Å². The maximum absolute atomic E-state index is 13.0. The summed E-state index contributed by atoms with van der Waals surface area (Å²) in [6.45, 7) is 1.16. The molecule has 0 radical (unpaired) electrons. The van der Waals surface area contributed by atoms with E-state index in [1.54, 1.807) is 55.5 Å². The maximum Gasteiger partial charge on any atom is 0.325 e. The van der Waals surface area contributed by atoms with Crippen LogP contribution in [0.1, 0.15) is 48.5 Å². The van der Waals surface area contributed by atoms with E-state index in [-0.39, 0.29) is 11.9 Å². The summed E-state index contributed by atoms with van der Waals surface area (Å²) in [4.78, 5) is 51.8. The molecule has 8 nitrogen and oxygen atoms in total. The molecule has 2 aliphatic rings. The molecule has 3 N–H and O–H groups in total. The number of urea groups is 1. The van der Waals surface area contributed by atoms with Crippen LogP contribution in [0, 0.1) is 0 Å². The number of imide groups is 1. The van der Waals surface area contributed by atoms with Crippen molar-refractivity contribution in [1.82, 2.24) is 15.5 Å². The molecule has 2 fully saturated rings. The lowest BCUT2D eigenvalue weighted by Gasteiger charge is -2.22. The van der Waals surface area contributed by atoms with Gasteiger partial charge in [-0.05, 0) is 37.5 Å². The molecule has 1 atom stereocenters. The number of nitrogens with one attached hydrogen (secondary N) is 3. The molecular formula is C24H26N4O4. The van der Waals surface area contributed by atoms with Gasteiger partial charge in [0.1, 0.15) is 12.1 Å². The van der Waals surface area contributed by atoms with Gasteiger partial charge in [0.05, 0.1) is 11.3 Å². The van der Waals surface area contributed by atoms with E-state index in [0.29, 0.717) is 16.8 Å². The molecule has 4 rings (SSSR count). The van der Waals surface area contributed by atoms with Gasteiger partial charge in [-0.15, -0.1) is 0 Å². The second-order valence-electron chi connectivity index (χ2n) is 8.36. The number of amides is 5. The van der Waals surface area contributed by atoms with E-state index in [0.717, 1.165) is 30.6 Å². The Balaban J connectivity index is 1.45. The summed E-state index contributed by atoms with van der Waals surface area (Å²) in [7, 11) is 0. The molecule has 2 aromatic carbocycles. The molecular weight excluding hydrogens is 408 g/mol. The van der Waals surface area contributed by atoms with Crippen LogP contribution in [0.15, 0.2) is 54.6 Å². The van der Waals surface area contributed by atoms with Crippen molar-refractivity contribution < 1.29 is 19.2 Å². The first kappa shape index (κ1) is 21.5. The number of hydrogen-bond donors (Lipinski definition) is 3. The SMILES string of the molecule is C[C@@]1(c2ccccc2)NC(=O)N(CC(=O)Nc2ccccc2C(=O)NC2CCCC2)C1=O. The molecule has 2 aromatic rings. The summed E-state index contributed by atoms with van der Waals surface area (Å²) in [6, 6.07) is 15.1. The summed E-state index contributed by atoms with van der Waals surface area (Å²) >= 11 is 0. The number of para-hydroxylation sites is 1. The third-order valence-corrected chi connectivity index (χ3v) is 6.06. The highest BCUT2D eigenvalue weighted by molar-refractivity contribution is 6.11. The number of carbonyl (C=O) groups excluding carboxylic acids is 4. The Hall–Kier alpha value is -3.68. The van der Waals surface area contributed by atoms with Crippen LogP contribution in [-0.2, 0) is 15.1 Å². The molecule has 5 amide bonds. The lowest BCUT2D eigenvalue weighted by molar-refractivity contribution is -0.133. The zero-order valence-electron chi connectivity index (χ0n) is 17.9. The van der Waals surface area contributed by atoms with Crippen LogP contribution in [0.25, 0.3) is 0 Å². The van der Waals surface area contributed by atoms with Crippen molar-refractivity contribution in [3.05, 3.63) is 65.7 Å². The summed E-state index contributed by atoms with van der Waals surface area (Å²) in [5.41, 5.74) is 0.0812. The highest BCUT2D eigenvalue weighted by Gasteiger charge is 2.49. The summed E-state index contributed by atoms with van der Waals surface area (Å²) in [6.07, 6.45) is 4.09. The van der Waals surface area contributed by atoms with E-state index in [1.807, 2.05) is 6.07 Å². The molecule has 1 saturated heterocycles. The van der Waals surface area contributed by atoms with Crippen LogP contribution in [0.2, 0.25) is 0 Å². The van der Waals surface area contributed by atoms with Gasteiger partial charge in [0, 0.05) is 6.04 Å². The van der Waals surface area contributed by atoms with E-state index in [1.165, 1.54) is 0 Å². The van der Waals surface area contributed by atoms with Crippen molar-refractivity contribution in [3.8, 4) is 0 Å². The van der Waals surface area contributed by atoms with Crippen LogP contribution < -0.4 is 16.0 Å². The van der Waals surface area contributed by atoms with Gasteiger partial charge >= 0.3 is 6.03 Å². The monoisotopic (exact) mass is 434 g/mol. The topological polar surface area (TPSA) is 108 Å². The number of hydrogen-bond acceptors (Lipinski definition) is 4.